The molecule has 0 amide bonds. The van der Waals surface area contributed by atoms with Gasteiger partial charge in [-0.1, -0.05) is 233 Å². The van der Waals surface area contributed by atoms with Gasteiger partial charge in [-0.2, -0.15) is 0 Å². The normalized spacial score (nSPS) is 13.1. The van der Waals surface area contributed by atoms with Crippen LogP contribution in [0.4, 0.5) is 0 Å². The predicted molar refractivity (Wildman–Crippen MR) is 316 cm³/mol. The summed E-state index contributed by atoms with van der Waals surface area (Å²) in [6.07, 6.45) is 8.92. The summed E-state index contributed by atoms with van der Waals surface area (Å²) in [7, 11) is 0. The fourth-order valence-electron chi connectivity index (χ4n) is 4.25. The van der Waals surface area contributed by atoms with E-state index >= 15 is 0 Å². The molecule has 0 spiro atoms. The zero-order valence-electron chi connectivity index (χ0n) is 54.8. The lowest BCUT2D eigenvalue weighted by molar-refractivity contribution is -0.00455. The van der Waals surface area contributed by atoms with Crippen molar-refractivity contribution in [3.8, 4) is 0 Å². The average Bonchev–Trinajstić information content (AvgIpc) is 3.16. The molecule has 0 aliphatic rings. The highest BCUT2D eigenvalue weighted by Gasteiger charge is 2.15. The number of rotatable bonds is 24. The van der Waals surface area contributed by atoms with E-state index in [0.29, 0.717) is 61.8 Å². The smallest absolute Gasteiger partial charge is 0.0570 e. The van der Waals surface area contributed by atoms with E-state index in [9.17, 15) is 0 Å². The third-order valence-corrected chi connectivity index (χ3v) is 8.57. The molecule has 0 aromatic carbocycles. The summed E-state index contributed by atoms with van der Waals surface area (Å²) in [5.41, 5.74) is 2.23. The average molecular weight is 1010 g/mol. The Labute approximate surface area is 445 Å². The van der Waals surface area contributed by atoms with Crippen molar-refractivity contribution in [2.45, 2.75) is 273 Å². The maximum atomic E-state index is 5.67. The van der Waals surface area contributed by atoms with E-state index in [1.165, 1.54) is 38.5 Å². The van der Waals surface area contributed by atoms with E-state index in [0.717, 1.165) is 92.3 Å². The van der Waals surface area contributed by atoms with Gasteiger partial charge < -0.3 is 33.2 Å². The summed E-state index contributed by atoms with van der Waals surface area (Å²) in [4.78, 5) is 0. The molecule has 0 saturated heterocycles. The van der Waals surface area contributed by atoms with Crippen LogP contribution in [0.5, 0.6) is 0 Å². The topological polar surface area (TPSA) is 64.6 Å². The fraction of sp³-hybridized carbons (Fsp3) is 1.00. The molecule has 2 atom stereocenters. The van der Waals surface area contributed by atoms with Gasteiger partial charge in [0.2, 0.25) is 0 Å². The third-order valence-electron chi connectivity index (χ3n) is 8.57. The van der Waals surface area contributed by atoms with Crippen molar-refractivity contribution >= 4 is 0 Å². The lowest BCUT2D eigenvalue weighted by Crippen LogP contribution is -2.23. The summed E-state index contributed by atoms with van der Waals surface area (Å²) in [6.45, 7) is 81.3. The second-order valence-corrected chi connectivity index (χ2v) is 29.0. The first-order valence-electron chi connectivity index (χ1n) is 28.5. The van der Waals surface area contributed by atoms with Crippen LogP contribution in [0.1, 0.15) is 267 Å². The van der Waals surface area contributed by atoms with Gasteiger partial charge in [-0.3, -0.25) is 0 Å². The first kappa shape index (κ1) is 83.7. The summed E-state index contributed by atoms with van der Waals surface area (Å²) < 4.78 is 38.2. The standard InChI is InChI=1S/3C10H22O.2C9H20O.C8H18O.C7H16O/c1-8(2)9(3)11-7-10(4,5)6;1-6-9(2)7-11-8-10(3,4)5;1-5-6-7-8-11-9-10(2,3)4;1-8(2)6-10-7-9(3,4)5;1-5-6-7-10-8-9(2,3)4;1-5-6-9-7-8(2,3)4;1-5-8-6-7(2,3)4/h8-9H,7H2,1-6H3;9H,6-8H2,1-5H3;5-9H2,1-4H3;8H,6-7H2,1-5H3;5-8H2,1-4H3;5-7H2,1-4H3;5-6H2,1-4H3. The van der Waals surface area contributed by atoms with Gasteiger partial charge in [0.05, 0.1) is 52.4 Å². The van der Waals surface area contributed by atoms with Crippen molar-refractivity contribution in [3.63, 3.8) is 0 Å². The quantitative estimate of drug-likeness (QED) is 0.0893. The van der Waals surface area contributed by atoms with Gasteiger partial charge in [0, 0.05) is 39.6 Å². The van der Waals surface area contributed by atoms with Gasteiger partial charge in [0.15, 0.2) is 0 Å². The van der Waals surface area contributed by atoms with E-state index in [-0.39, 0.29) is 0 Å². The second-order valence-electron chi connectivity index (χ2n) is 29.0. The Balaban J connectivity index is -0.000000133. The molecule has 70 heavy (non-hydrogen) atoms. The fourth-order valence-corrected chi connectivity index (χ4v) is 4.25. The molecule has 0 aliphatic heterocycles. The Hall–Kier alpha value is -0.280. The van der Waals surface area contributed by atoms with Crippen LogP contribution in [0.25, 0.3) is 0 Å². The van der Waals surface area contributed by atoms with Crippen molar-refractivity contribution in [3.05, 3.63) is 0 Å². The van der Waals surface area contributed by atoms with Crippen molar-refractivity contribution in [1.29, 1.82) is 0 Å². The second kappa shape index (κ2) is 48.4. The van der Waals surface area contributed by atoms with Crippen molar-refractivity contribution < 1.29 is 33.2 Å². The van der Waals surface area contributed by atoms with Gasteiger partial charge >= 0.3 is 0 Å². The van der Waals surface area contributed by atoms with Crippen LogP contribution in [0.2, 0.25) is 0 Å². The van der Waals surface area contributed by atoms with Gasteiger partial charge in [-0.25, -0.2) is 0 Å². The van der Waals surface area contributed by atoms with E-state index < -0.39 is 0 Å². The van der Waals surface area contributed by atoms with Crippen LogP contribution >= 0.6 is 0 Å². The van der Waals surface area contributed by atoms with Crippen LogP contribution in [-0.4, -0.2) is 92.0 Å². The molecule has 0 saturated carbocycles. The van der Waals surface area contributed by atoms with E-state index in [1.54, 1.807) is 0 Å². The van der Waals surface area contributed by atoms with Gasteiger partial charge in [0.1, 0.15) is 0 Å². The lowest BCUT2D eigenvalue weighted by atomic mass is 9.98. The number of hydrogen-bond acceptors (Lipinski definition) is 7. The molecule has 0 rings (SSSR count). The molecule has 7 heteroatoms. The predicted octanol–water partition coefficient (Wildman–Crippen LogP) is 19.5. The summed E-state index contributed by atoms with van der Waals surface area (Å²) >= 11 is 0. The molecule has 0 heterocycles. The maximum absolute atomic E-state index is 5.67. The zero-order valence-corrected chi connectivity index (χ0v) is 54.8. The molecule has 0 aromatic rings. The number of unbranched alkanes of at least 4 members (excludes halogenated alkanes) is 3. The molecule has 0 fully saturated rings. The monoisotopic (exact) mass is 1010 g/mol. The molecule has 0 radical (unpaired) electrons. The van der Waals surface area contributed by atoms with E-state index in [1.807, 2.05) is 6.92 Å². The highest BCUT2D eigenvalue weighted by molar-refractivity contribution is 4.64. The Bertz CT molecular complexity index is 989. The Kier molecular flexibility index (Phi) is 57.8. The zero-order chi connectivity index (χ0) is 56.9. The molecule has 2 unspecified atom stereocenters. The first-order chi connectivity index (χ1) is 31.4. The van der Waals surface area contributed by atoms with Crippen LogP contribution in [0.3, 0.4) is 0 Å². The van der Waals surface area contributed by atoms with Gasteiger partial charge in [0.25, 0.3) is 0 Å². The highest BCUT2D eigenvalue weighted by Crippen LogP contribution is 2.18. The minimum Gasteiger partial charge on any atom is -0.381 e. The number of hydrogen-bond donors (Lipinski definition) is 0. The Morgan fingerprint density at radius 2 is 0.629 bits per heavy atom. The van der Waals surface area contributed by atoms with Crippen molar-refractivity contribution in [2.24, 2.45) is 55.7 Å². The van der Waals surface area contributed by atoms with E-state index in [2.05, 4.69) is 215 Å². The van der Waals surface area contributed by atoms with Crippen LogP contribution < -0.4 is 0 Å². The summed E-state index contributed by atoms with van der Waals surface area (Å²) in [6, 6.07) is 0. The Morgan fingerprint density at radius 1 is 0.314 bits per heavy atom. The maximum Gasteiger partial charge on any atom is 0.0570 e. The highest BCUT2D eigenvalue weighted by atomic mass is 16.5. The van der Waals surface area contributed by atoms with Crippen molar-refractivity contribution in [1.82, 2.24) is 0 Å². The Morgan fingerprint density at radius 3 is 0.900 bits per heavy atom. The third kappa shape index (κ3) is 113. The molecule has 0 aliphatic carbocycles. The van der Waals surface area contributed by atoms with Gasteiger partial charge in [-0.15, -0.1) is 0 Å². The molecular weight excluding hydrogens is 869 g/mol. The van der Waals surface area contributed by atoms with Crippen LogP contribution in [-0.2, 0) is 33.2 Å². The molecular formula is C63H140O7. The molecule has 0 aromatic heterocycles. The van der Waals surface area contributed by atoms with Crippen molar-refractivity contribution in [2.75, 3.05) is 85.9 Å². The van der Waals surface area contributed by atoms with Crippen LogP contribution in [0.15, 0.2) is 0 Å². The van der Waals surface area contributed by atoms with Gasteiger partial charge in [-0.05, 0) is 88.8 Å². The van der Waals surface area contributed by atoms with Crippen LogP contribution in [0, 0.1) is 55.7 Å². The minimum atomic E-state index is 0.295. The first-order valence-corrected chi connectivity index (χ1v) is 28.5. The SMILES string of the molecule is CC(C)C(C)OCC(C)(C)C.CC(C)COCC(C)(C)C.CCC(C)COCC(C)(C)C.CCCCCOCC(C)(C)C.CCCCOCC(C)(C)C.CCCOCC(C)(C)C.CCOCC(C)(C)C. The molecule has 7 nitrogen and oxygen atoms in total. The molecule has 0 N–H and O–H groups in total. The lowest BCUT2D eigenvalue weighted by Gasteiger charge is -2.23. The molecule has 434 valence electrons. The number of ether oxygens (including phenoxy) is 7. The molecule has 0 bridgehead atoms. The largest absolute Gasteiger partial charge is 0.381 e. The summed E-state index contributed by atoms with van der Waals surface area (Å²) in [5, 5.41) is 0. The summed E-state index contributed by atoms with van der Waals surface area (Å²) in [5.74, 6) is 1.98. The van der Waals surface area contributed by atoms with E-state index in [4.69, 9.17) is 33.2 Å². The minimum absolute atomic E-state index is 0.295.